The van der Waals surface area contributed by atoms with E-state index in [2.05, 4.69) is 9.97 Å². The fourth-order valence-corrected chi connectivity index (χ4v) is 2.59. The van der Waals surface area contributed by atoms with E-state index in [0.29, 0.717) is 0 Å². The van der Waals surface area contributed by atoms with Crippen LogP contribution in [0, 0.1) is 0 Å². The van der Waals surface area contributed by atoms with Crippen molar-refractivity contribution >= 4 is 27.5 Å². The van der Waals surface area contributed by atoms with E-state index >= 15 is 0 Å². The van der Waals surface area contributed by atoms with E-state index < -0.39 is 15.9 Å². The van der Waals surface area contributed by atoms with Crippen LogP contribution in [0.1, 0.15) is 17.3 Å². The van der Waals surface area contributed by atoms with Crippen LogP contribution in [-0.2, 0) is 10.0 Å². The van der Waals surface area contributed by atoms with Gasteiger partial charge in [-0.15, -0.1) is 0 Å². The smallest absolute Gasteiger partial charge is 0.328 e. The van der Waals surface area contributed by atoms with Gasteiger partial charge >= 0.3 is 6.01 Å². The van der Waals surface area contributed by atoms with E-state index in [1.807, 2.05) is 4.72 Å². The molecule has 9 nitrogen and oxygen atoms in total. The highest BCUT2D eigenvalue weighted by molar-refractivity contribution is 7.90. The number of carbonyl (C=O) groups is 1. The second kappa shape index (κ2) is 8.19. The molecule has 140 valence electrons. The summed E-state index contributed by atoms with van der Waals surface area (Å²) in [6.07, 6.45) is 0. The van der Waals surface area contributed by atoms with Crippen LogP contribution in [0.3, 0.4) is 0 Å². The van der Waals surface area contributed by atoms with Crippen molar-refractivity contribution in [1.29, 1.82) is 0 Å². The lowest BCUT2D eigenvalue weighted by molar-refractivity contribution is 0.0979. The van der Waals surface area contributed by atoms with Crippen LogP contribution in [0.5, 0.6) is 23.5 Å². The quantitative estimate of drug-likeness (QED) is 0.748. The minimum Gasteiger partial charge on any atom is -0.481 e. The molecule has 1 aromatic heterocycles. The van der Waals surface area contributed by atoms with Gasteiger partial charge in [-0.1, -0.05) is 17.7 Å². The molecule has 0 fully saturated rings. The number of benzene rings is 1. The van der Waals surface area contributed by atoms with Crippen molar-refractivity contribution in [2.75, 3.05) is 20.0 Å². The number of aromatic nitrogens is 2. The highest BCUT2D eigenvalue weighted by atomic mass is 35.5. The van der Waals surface area contributed by atoms with Gasteiger partial charge < -0.3 is 14.2 Å². The first kappa shape index (κ1) is 19.7. The fourth-order valence-electron chi connectivity index (χ4n) is 1.81. The van der Waals surface area contributed by atoms with Gasteiger partial charge in [-0.2, -0.15) is 9.97 Å². The predicted molar refractivity (Wildman–Crippen MR) is 93.6 cm³/mol. The molecule has 0 saturated heterocycles. The number of sulfonamides is 1. The number of hydrogen-bond acceptors (Lipinski definition) is 8. The molecule has 1 amide bonds. The van der Waals surface area contributed by atoms with E-state index in [0.717, 1.165) is 0 Å². The van der Waals surface area contributed by atoms with Gasteiger partial charge in [0.15, 0.2) is 0 Å². The Hall–Kier alpha value is -2.59. The maximum Gasteiger partial charge on any atom is 0.328 e. The molecule has 0 spiro atoms. The summed E-state index contributed by atoms with van der Waals surface area (Å²) < 4.78 is 40.8. The molecule has 26 heavy (non-hydrogen) atoms. The molecule has 0 aliphatic heterocycles. The Kier molecular flexibility index (Phi) is 6.22. The van der Waals surface area contributed by atoms with Gasteiger partial charge in [0.2, 0.25) is 21.8 Å². The molecule has 0 atom stereocenters. The lowest BCUT2D eigenvalue weighted by Gasteiger charge is -2.12. The van der Waals surface area contributed by atoms with Gasteiger partial charge in [-0.25, -0.2) is 13.1 Å². The number of carbonyl (C=O) groups excluding carboxylic acids is 1. The van der Waals surface area contributed by atoms with Crippen molar-refractivity contribution in [2.45, 2.75) is 6.92 Å². The molecule has 0 saturated carbocycles. The maximum absolute atomic E-state index is 12.4. The van der Waals surface area contributed by atoms with Crippen molar-refractivity contribution in [1.82, 2.24) is 14.7 Å². The highest BCUT2D eigenvalue weighted by Gasteiger charge is 2.22. The van der Waals surface area contributed by atoms with Crippen molar-refractivity contribution < 1.29 is 27.4 Å². The van der Waals surface area contributed by atoms with Gasteiger partial charge in [0.05, 0.1) is 31.1 Å². The van der Waals surface area contributed by atoms with Crippen LogP contribution in [0.2, 0.25) is 5.02 Å². The molecule has 0 aliphatic carbocycles. The highest BCUT2D eigenvalue weighted by Crippen LogP contribution is 2.30. The first-order valence-electron chi connectivity index (χ1n) is 7.28. The number of methoxy groups -OCH3 is 2. The van der Waals surface area contributed by atoms with Crippen molar-refractivity contribution in [3.05, 3.63) is 34.9 Å². The second-order valence-corrected chi connectivity index (χ2v) is 7.20. The summed E-state index contributed by atoms with van der Waals surface area (Å²) in [5.41, 5.74) is -0.170. The summed E-state index contributed by atoms with van der Waals surface area (Å²) in [4.78, 5) is 20.3. The zero-order valence-electron chi connectivity index (χ0n) is 14.1. The minimum absolute atomic E-state index is 0.00108. The second-order valence-electron chi connectivity index (χ2n) is 4.78. The molecule has 2 rings (SSSR count). The molecular formula is C15H16ClN3O6S. The number of nitrogens with one attached hydrogen (secondary N) is 1. The van der Waals surface area contributed by atoms with Crippen LogP contribution in [0.15, 0.2) is 24.3 Å². The number of nitrogens with zero attached hydrogens (tertiary/aromatic N) is 2. The first-order valence-corrected chi connectivity index (χ1v) is 9.31. The zero-order valence-corrected chi connectivity index (χ0v) is 15.7. The van der Waals surface area contributed by atoms with Crippen LogP contribution >= 0.6 is 11.6 Å². The topological polar surface area (TPSA) is 117 Å². The SMILES string of the molecule is CCS(=O)(=O)NC(=O)c1c(Cl)cccc1Oc1nc(OC)cc(OC)n1. The average Bonchev–Trinajstić information content (AvgIpc) is 2.60. The van der Waals surface area contributed by atoms with E-state index in [1.165, 1.54) is 45.4 Å². The first-order chi connectivity index (χ1) is 12.3. The molecule has 1 heterocycles. The van der Waals surface area contributed by atoms with Gasteiger partial charge in [-0.3, -0.25) is 4.79 Å². The predicted octanol–water partition coefficient (Wildman–Crippen LogP) is 2.02. The van der Waals surface area contributed by atoms with Gasteiger partial charge in [-0.05, 0) is 19.1 Å². The summed E-state index contributed by atoms with van der Waals surface area (Å²) in [7, 11) is -0.975. The van der Waals surface area contributed by atoms with Gasteiger partial charge in [0.25, 0.3) is 5.91 Å². The standard InChI is InChI=1S/C15H16ClN3O6S/c1-4-26(21,22)19-14(20)13-9(16)6-5-7-10(13)25-15-17-11(23-2)8-12(18-15)24-3/h5-8H,4H2,1-3H3,(H,19,20). The van der Waals surface area contributed by atoms with E-state index in [9.17, 15) is 13.2 Å². The minimum atomic E-state index is -3.78. The Bertz CT molecular complexity index is 897. The normalized spacial score (nSPS) is 10.9. The number of amides is 1. The Morgan fingerprint density at radius 1 is 1.19 bits per heavy atom. The zero-order chi connectivity index (χ0) is 19.3. The van der Waals surface area contributed by atoms with E-state index in [1.54, 1.807) is 0 Å². The number of halogens is 1. The Morgan fingerprint density at radius 3 is 2.35 bits per heavy atom. The summed E-state index contributed by atoms with van der Waals surface area (Å²) in [5.74, 6) is -0.879. The van der Waals surface area contributed by atoms with Crippen LogP contribution < -0.4 is 18.9 Å². The van der Waals surface area contributed by atoms with Crippen LogP contribution in [-0.4, -0.2) is 44.3 Å². The molecule has 0 unspecified atom stereocenters. The maximum atomic E-state index is 12.4. The van der Waals surface area contributed by atoms with E-state index in [4.69, 9.17) is 25.8 Å². The molecule has 2 aromatic rings. The van der Waals surface area contributed by atoms with E-state index in [-0.39, 0.29) is 39.9 Å². The van der Waals surface area contributed by atoms with Crippen LogP contribution in [0.4, 0.5) is 0 Å². The van der Waals surface area contributed by atoms with Gasteiger partial charge in [0, 0.05) is 0 Å². The third-order valence-electron chi connectivity index (χ3n) is 3.11. The van der Waals surface area contributed by atoms with Crippen LogP contribution in [0.25, 0.3) is 0 Å². The summed E-state index contributed by atoms with van der Waals surface area (Å²) in [6.45, 7) is 1.40. The molecule has 1 aromatic carbocycles. The molecule has 11 heteroatoms. The fraction of sp³-hybridized carbons (Fsp3) is 0.267. The summed E-state index contributed by atoms with van der Waals surface area (Å²) in [6, 6.07) is 5.65. The lowest BCUT2D eigenvalue weighted by Crippen LogP contribution is -2.32. The Morgan fingerprint density at radius 2 is 1.81 bits per heavy atom. The lowest BCUT2D eigenvalue weighted by atomic mass is 10.2. The van der Waals surface area contributed by atoms with Crippen molar-refractivity contribution in [3.63, 3.8) is 0 Å². The summed E-state index contributed by atoms with van der Waals surface area (Å²) >= 11 is 6.05. The number of rotatable bonds is 7. The molecular weight excluding hydrogens is 386 g/mol. The molecule has 0 aliphatic rings. The number of ether oxygens (including phenoxy) is 3. The third-order valence-corrected chi connectivity index (χ3v) is 4.68. The Labute approximate surface area is 155 Å². The molecule has 0 bridgehead atoms. The number of hydrogen-bond donors (Lipinski definition) is 1. The van der Waals surface area contributed by atoms with Gasteiger partial charge in [0.1, 0.15) is 11.3 Å². The average molecular weight is 402 g/mol. The summed E-state index contributed by atoms with van der Waals surface area (Å²) in [5, 5.41) is 0.00108. The van der Waals surface area contributed by atoms with Crippen molar-refractivity contribution in [2.24, 2.45) is 0 Å². The molecule has 0 radical (unpaired) electrons. The molecule has 1 N–H and O–H groups in total. The van der Waals surface area contributed by atoms with Crippen molar-refractivity contribution in [3.8, 4) is 23.5 Å². The third kappa shape index (κ3) is 4.73. The largest absolute Gasteiger partial charge is 0.481 e. The monoisotopic (exact) mass is 401 g/mol. The Balaban J connectivity index is 2.42.